The normalized spacial score (nSPS) is 10.3. The first-order valence-electron chi connectivity index (χ1n) is 5.75. The zero-order chi connectivity index (χ0) is 11.4. The van der Waals surface area contributed by atoms with Crippen molar-refractivity contribution in [3.05, 3.63) is 0 Å². The first-order valence-corrected chi connectivity index (χ1v) is 5.75. The van der Waals surface area contributed by atoms with Crippen LogP contribution in [0.25, 0.3) is 0 Å². The third kappa shape index (κ3) is 11.3. The highest BCUT2D eigenvalue weighted by Gasteiger charge is 2.00. The van der Waals surface area contributed by atoms with Crippen LogP contribution < -0.4 is 5.32 Å². The molecule has 0 saturated heterocycles. The second-order valence-corrected chi connectivity index (χ2v) is 3.36. The third-order valence-electron chi connectivity index (χ3n) is 1.83. The number of hydrogen-bond acceptors (Lipinski definition) is 4. The molecule has 0 aliphatic carbocycles. The summed E-state index contributed by atoms with van der Waals surface area (Å²) >= 11 is 0. The molecule has 4 heteroatoms. The minimum atomic E-state index is -0.206. The predicted molar refractivity (Wildman–Crippen MR) is 59.8 cm³/mol. The SMILES string of the molecule is CCCCOCCOC(=O)CNCCC. The zero-order valence-electron chi connectivity index (χ0n) is 9.88. The Bertz CT molecular complexity index is 151. The lowest BCUT2D eigenvalue weighted by atomic mass is 10.4. The van der Waals surface area contributed by atoms with Crippen LogP contribution in [0.3, 0.4) is 0 Å². The van der Waals surface area contributed by atoms with Crippen LogP contribution in [0.1, 0.15) is 33.1 Å². The number of ether oxygens (including phenoxy) is 2. The van der Waals surface area contributed by atoms with E-state index in [1.54, 1.807) is 0 Å². The van der Waals surface area contributed by atoms with Crippen molar-refractivity contribution >= 4 is 5.97 Å². The molecular weight excluding hydrogens is 194 g/mol. The molecule has 4 nitrogen and oxygen atoms in total. The average Bonchev–Trinajstić information content (AvgIpc) is 2.23. The number of carbonyl (C=O) groups excluding carboxylic acids is 1. The summed E-state index contributed by atoms with van der Waals surface area (Å²) in [6.45, 7) is 6.92. The molecule has 15 heavy (non-hydrogen) atoms. The van der Waals surface area contributed by atoms with E-state index in [2.05, 4.69) is 19.2 Å². The molecular formula is C11H23NO3. The minimum Gasteiger partial charge on any atom is -0.462 e. The summed E-state index contributed by atoms with van der Waals surface area (Å²) in [4.78, 5) is 11.1. The van der Waals surface area contributed by atoms with Gasteiger partial charge in [0.05, 0.1) is 13.2 Å². The molecule has 0 rings (SSSR count). The van der Waals surface area contributed by atoms with Gasteiger partial charge in [-0.2, -0.15) is 0 Å². The molecule has 0 aliphatic rings. The Morgan fingerprint density at radius 2 is 1.93 bits per heavy atom. The first kappa shape index (κ1) is 14.4. The summed E-state index contributed by atoms with van der Waals surface area (Å²) in [5.41, 5.74) is 0. The van der Waals surface area contributed by atoms with Gasteiger partial charge in [-0.25, -0.2) is 0 Å². The van der Waals surface area contributed by atoms with Crippen LogP contribution in [0.5, 0.6) is 0 Å². The van der Waals surface area contributed by atoms with Crippen LogP contribution in [0.4, 0.5) is 0 Å². The molecule has 0 atom stereocenters. The molecule has 0 aromatic rings. The van der Waals surface area contributed by atoms with Crippen molar-refractivity contribution in [3.8, 4) is 0 Å². The van der Waals surface area contributed by atoms with Gasteiger partial charge in [-0.3, -0.25) is 4.79 Å². The standard InChI is InChI=1S/C11H23NO3/c1-3-5-7-14-8-9-15-11(13)10-12-6-4-2/h12H,3-10H2,1-2H3. The van der Waals surface area contributed by atoms with Crippen LogP contribution in [-0.4, -0.2) is 38.9 Å². The fraction of sp³-hybridized carbons (Fsp3) is 0.909. The highest BCUT2D eigenvalue weighted by atomic mass is 16.6. The molecule has 0 aromatic carbocycles. The molecule has 1 N–H and O–H groups in total. The maximum atomic E-state index is 11.1. The number of carbonyl (C=O) groups is 1. The van der Waals surface area contributed by atoms with E-state index in [0.717, 1.165) is 32.4 Å². The molecule has 0 aliphatic heterocycles. The average molecular weight is 217 g/mol. The van der Waals surface area contributed by atoms with E-state index in [1.165, 1.54) is 0 Å². The Morgan fingerprint density at radius 1 is 1.13 bits per heavy atom. The van der Waals surface area contributed by atoms with Crippen LogP contribution in [0, 0.1) is 0 Å². The Morgan fingerprint density at radius 3 is 2.60 bits per heavy atom. The second-order valence-electron chi connectivity index (χ2n) is 3.36. The quantitative estimate of drug-likeness (QED) is 0.443. The van der Waals surface area contributed by atoms with Gasteiger partial charge in [0, 0.05) is 6.61 Å². The van der Waals surface area contributed by atoms with Gasteiger partial charge < -0.3 is 14.8 Å². The van der Waals surface area contributed by atoms with Gasteiger partial charge >= 0.3 is 5.97 Å². The topological polar surface area (TPSA) is 47.6 Å². The van der Waals surface area contributed by atoms with Gasteiger partial charge in [0.25, 0.3) is 0 Å². The van der Waals surface area contributed by atoms with Crippen molar-refractivity contribution in [2.45, 2.75) is 33.1 Å². The van der Waals surface area contributed by atoms with Crippen LogP contribution in [0.2, 0.25) is 0 Å². The molecule has 0 bridgehead atoms. The minimum absolute atomic E-state index is 0.206. The fourth-order valence-corrected chi connectivity index (χ4v) is 0.981. The van der Waals surface area contributed by atoms with Crippen molar-refractivity contribution in [1.29, 1.82) is 0 Å². The summed E-state index contributed by atoms with van der Waals surface area (Å²) in [6, 6.07) is 0. The maximum absolute atomic E-state index is 11.1. The van der Waals surface area contributed by atoms with E-state index < -0.39 is 0 Å². The predicted octanol–water partition coefficient (Wildman–Crippen LogP) is 1.35. The largest absolute Gasteiger partial charge is 0.462 e. The van der Waals surface area contributed by atoms with Crippen LogP contribution in [-0.2, 0) is 14.3 Å². The molecule has 0 radical (unpaired) electrons. The second kappa shape index (κ2) is 11.5. The molecule has 0 spiro atoms. The lowest BCUT2D eigenvalue weighted by molar-refractivity contribution is -0.144. The Hall–Kier alpha value is -0.610. The monoisotopic (exact) mass is 217 g/mol. The lowest BCUT2D eigenvalue weighted by Crippen LogP contribution is -2.26. The first-order chi connectivity index (χ1) is 7.31. The molecule has 90 valence electrons. The number of unbranched alkanes of at least 4 members (excludes halogenated alkanes) is 1. The summed E-state index contributed by atoms with van der Waals surface area (Å²) in [5.74, 6) is -0.206. The molecule has 0 fully saturated rings. The van der Waals surface area contributed by atoms with Gasteiger partial charge in [0.15, 0.2) is 0 Å². The highest BCUT2D eigenvalue weighted by Crippen LogP contribution is 1.88. The number of hydrogen-bond donors (Lipinski definition) is 1. The zero-order valence-corrected chi connectivity index (χ0v) is 9.88. The van der Waals surface area contributed by atoms with E-state index in [-0.39, 0.29) is 5.97 Å². The summed E-state index contributed by atoms with van der Waals surface area (Å²) in [5, 5.41) is 2.98. The van der Waals surface area contributed by atoms with Gasteiger partial charge in [-0.1, -0.05) is 20.3 Å². The van der Waals surface area contributed by atoms with Crippen molar-refractivity contribution < 1.29 is 14.3 Å². The maximum Gasteiger partial charge on any atom is 0.319 e. The molecule has 0 saturated carbocycles. The Kier molecular flexibility index (Phi) is 11.0. The number of esters is 1. The van der Waals surface area contributed by atoms with Crippen LogP contribution >= 0.6 is 0 Å². The van der Waals surface area contributed by atoms with Crippen molar-refractivity contribution in [3.63, 3.8) is 0 Å². The Balaban J connectivity index is 3.10. The van der Waals surface area contributed by atoms with Gasteiger partial charge in [0.2, 0.25) is 0 Å². The number of rotatable bonds is 10. The summed E-state index contributed by atoms with van der Waals surface area (Å²) in [6.07, 6.45) is 3.21. The van der Waals surface area contributed by atoms with E-state index >= 15 is 0 Å². The molecule has 0 heterocycles. The van der Waals surface area contributed by atoms with Crippen molar-refractivity contribution in [2.24, 2.45) is 0 Å². The molecule has 0 aromatic heterocycles. The third-order valence-corrected chi connectivity index (χ3v) is 1.83. The number of nitrogens with one attached hydrogen (secondary N) is 1. The molecule has 0 amide bonds. The van der Waals surface area contributed by atoms with E-state index in [4.69, 9.17) is 9.47 Å². The van der Waals surface area contributed by atoms with Crippen molar-refractivity contribution in [2.75, 3.05) is 32.9 Å². The van der Waals surface area contributed by atoms with Gasteiger partial charge in [-0.15, -0.1) is 0 Å². The van der Waals surface area contributed by atoms with Crippen molar-refractivity contribution in [1.82, 2.24) is 5.32 Å². The van der Waals surface area contributed by atoms with E-state index in [9.17, 15) is 4.79 Å². The van der Waals surface area contributed by atoms with Gasteiger partial charge in [-0.05, 0) is 19.4 Å². The van der Waals surface area contributed by atoms with Crippen LogP contribution in [0.15, 0.2) is 0 Å². The highest BCUT2D eigenvalue weighted by molar-refractivity contribution is 5.71. The smallest absolute Gasteiger partial charge is 0.319 e. The van der Waals surface area contributed by atoms with E-state index in [1.807, 2.05) is 0 Å². The molecule has 0 unspecified atom stereocenters. The van der Waals surface area contributed by atoms with E-state index in [0.29, 0.717) is 19.8 Å². The summed E-state index contributed by atoms with van der Waals surface area (Å²) in [7, 11) is 0. The lowest BCUT2D eigenvalue weighted by Gasteiger charge is -2.06. The summed E-state index contributed by atoms with van der Waals surface area (Å²) < 4.78 is 10.2. The fourth-order valence-electron chi connectivity index (χ4n) is 0.981. The Labute approximate surface area is 92.3 Å². The van der Waals surface area contributed by atoms with Gasteiger partial charge in [0.1, 0.15) is 6.61 Å².